The minimum Gasteiger partial charge on any atom is -0.341 e. The maximum absolute atomic E-state index is 13.2. The molecule has 5 rings (SSSR count). The van der Waals surface area contributed by atoms with Gasteiger partial charge in [0.1, 0.15) is 5.82 Å². The fourth-order valence-corrected chi connectivity index (χ4v) is 4.56. The van der Waals surface area contributed by atoms with Gasteiger partial charge in [-0.1, -0.05) is 23.8 Å². The van der Waals surface area contributed by atoms with Gasteiger partial charge in [0.2, 0.25) is 0 Å². The first-order valence-corrected chi connectivity index (χ1v) is 9.18. The molecule has 0 saturated heterocycles. The van der Waals surface area contributed by atoms with Crippen LogP contribution in [0.2, 0.25) is 0 Å². The van der Waals surface area contributed by atoms with Gasteiger partial charge in [-0.25, -0.2) is 4.39 Å². The molecule has 25 heavy (non-hydrogen) atoms. The maximum atomic E-state index is 13.2. The molecule has 2 atom stereocenters. The molecule has 1 aliphatic heterocycles. The highest BCUT2D eigenvalue weighted by atomic mass is 19.1. The van der Waals surface area contributed by atoms with E-state index in [1.54, 1.807) is 12.1 Å². The molecule has 0 N–H and O–H groups in total. The van der Waals surface area contributed by atoms with E-state index in [0.29, 0.717) is 12.0 Å². The molecule has 0 spiro atoms. The van der Waals surface area contributed by atoms with Crippen LogP contribution in [0, 0.1) is 12.7 Å². The molecular formula is C22H23FN2. The first-order valence-electron chi connectivity index (χ1n) is 9.18. The Balaban J connectivity index is 1.61. The van der Waals surface area contributed by atoms with E-state index in [-0.39, 0.29) is 5.82 Å². The van der Waals surface area contributed by atoms with Gasteiger partial charge >= 0.3 is 0 Å². The van der Waals surface area contributed by atoms with Crippen molar-refractivity contribution >= 4 is 10.9 Å². The minimum absolute atomic E-state index is 0.150. The van der Waals surface area contributed by atoms with Crippen molar-refractivity contribution in [3.05, 3.63) is 70.7 Å². The highest BCUT2D eigenvalue weighted by Gasteiger charge is 2.42. The fourth-order valence-electron chi connectivity index (χ4n) is 4.56. The topological polar surface area (TPSA) is 8.17 Å². The van der Waals surface area contributed by atoms with Crippen LogP contribution in [0.25, 0.3) is 10.9 Å². The molecule has 3 aromatic rings. The Morgan fingerprint density at radius 3 is 2.68 bits per heavy atom. The molecule has 128 valence electrons. The van der Waals surface area contributed by atoms with E-state index in [4.69, 9.17) is 0 Å². The van der Waals surface area contributed by atoms with Crippen molar-refractivity contribution < 1.29 is 4.39 Å². The van der Waals surface area contributed by atoms with E-state index in [2.05, 4.69) is 41.6 Å². The Bertz CT molecular complexity index is 954. The summed E-state index contributed by atoms with van der Waals surface area (Å²) in [7, 11) is 2.21. The second kappa shape index (κ2) is 5.43. The van der Waals surface area contributed by atoms with Crippen molar-refractivity contribution in [1.29, 1.82) is 0 Å². The van der Waals surface area contributed by atoms with Gasteiger partial charge in [0, 0.05) is 48.1 Å². The molecule has 0 amide bonds. The highest BCUT2D eigenvalue weighted by Crippen LogP contribution is 2.54. The number of halogens is 1. The lowest BCUT2D eigenvalue weighted by molar-refractivity contribution is 0.309. The zero-order chi connectivity index (χ0) is 17.1. The van der Waals surface area contributed by atoms with Crippen molar-refractivity contribution in [1.82, 2.24) is 9.47 Å². The van der Waals surface area contributed by atoms with Crippen LogP contribution < -0.4 is 0 Å². The molecule has 0 radical (unpaired) electrons. The van der Waals surface area contributed by atoms with Gasteiger partial charge in [-0.3, -0.25) is 0 Å². The maximum Gasteiger partial charge on any atom is 0.123 e. The molecule has 3 heteroatoms. The van der Waals surface area contributed by atoms with Gasteiger partial charge in [0.05, 0.1) is 0 Å². The average Bonchev–Trinajstić information content (AvgIpc) is 3.32. The molecule has 2 aliphatic rings. The van der Waals surface area contributed by atoms with Gasteiger partial charge < -0.3 is 9.47 Å². The molecule has 0 bridgehead atoms. The number of likely N-dealkylation sites (N-methyl/N-ethyl adjacent to an activating group) is 1. The third-order valence-electron chi connectivity index (χ3n) is 5.92. The van der Waals surface area contributed by atoms with Gasteiger partial charge in [-0.2, -0.15) is 0 Å². The fraction of sp³-hybridized carbons (Fsp3) is 0.364. The number of nitrogens with zero attached hydrogens (tertiary/aromatic N) is 2. The van der Waals surface area contributed by atoms with Crippen molar-refractivity contribution in [3.8, 4) is 0 Å². The smallest absolute Gasteiger partial charge is 0.123 e. The largest absolute Gasteiger partial charge is 0.341 e. The first-order chi connectivity index (χ1) is 12.1. The predicted octanol–water partition coefficient (Wildman–Crippen LogP) is 4.81. The van der Waals surface area contributed by atoms with E-state index in [9.17, 15) is 4.39 Å². The van der Waals surface area contributed by atoms with Crippen LogP contribution in [-0.4, -0.2) is 23.1 Å². The zero-order valence-corrected chi connectivity index (χ0v) is 14.8. The SMILES string of the molecule is Cc1ccc2c(c1)c1c(n2[C@H]2C[C@H]2c2ccc(F)cc2)CCN(C)C1. The standard InChI is InChI=1S/C22H23FN2/c1-14-3-8-20-18(11-14)19-13-24(2)10-9-21(19)25(20)22-12-17(22)15-4-6-16(23)7-5-15/h3-8,11,17,22H,9-10,12-13H2,1-2H3/t17-,22-/m0/s1. The minimum atomic E-state index is -0.150. The van der Waals surface area contributed by atoms with E-state index in [0.717, 1.165) is 25.9 Å². The first kappa shape index (κ1) is 15.2. The number of fused-ring (bicyclic) bond motifs is 3. The molecule has 2 aromatic carbocycles. The number of aryl methyl sites for hydroxylation is 1. The summed E-state index contributed by atoms with van der Waals surface area (Å²) in [6, 6.07) is 14.5. The Labute approximate surface area is 147 Å². The van der Waals surface area contributed by atoms with E-state index >= 15 is 0 Å². The van der Waals surface area contributed by atoms with Crippen LogP contribution in [0.1, 0.15) is 40.8 Å². The summed E-state index contributed by atoms with van der Waals surface area (Å²) >= 11 is 0. The van der Waals surface area contributed by atoms with Crippen molar-refractivity contribution in [3.63, 3.8) is 0 Å². The van der Waals surface area contributed by atoms with E-state index in [1.807, 2.05) is 12.1 Å². The summed E-state index contributed by atoms with van der Waals surface area (Å²) < 4.78 is 15.8. The molecule has 1 fully saturated rings. The van der Waals surface area contributed by atoms with Crippen molar-refractivity contribution in [2.75, 3.05) is 13.6 Å². The molecule has 2 nitrogen and oxygen atoms in total. The van der Waals surface area contributed by atoms with Crippen LogP contribution in [0.5, 0.6) is 0 Å². The molecular weight excluding hydrogens is 311 g/mol. The third kappa shape index (κ3) is 2.41. The summed E-state index contributed by atoms with van der Waals surface area (Å²) in [5.74, 6) is 0.365. The van der Waals surface area contributed by atoms with Crippen LogP contribution in [0.3, 0.4) is 0 Å². The molecule has 1 aliphatic carbocycles. The van der Waals surface area contributed by atoms with Gasteiger partial charge in [-0.15, -0.1) is 0 Å². The Morgan fingerprint density at radius 1 is 1.08 bits per heavy atom. The van der Waals surface area contributed by atoms with Crippen LogP contribution >= 0.6 is 0 Å². The lowest BCUT2D eigenvalue weighted by atomic mass is 10.0. The number of hydrogen-bond acceptors (Lipinski definition) is 1. The van der Waals surface area contributed by atoms with Crippen molar-refractivity contribution in [2.24, 2.45) is 0 Å². The van der Waals surface area contributed by atoms with E-state index in [1.165, 1.54) is 33.3 Å². The molecule has 2 heterocycles. The zero-order valence-electron chi connectivity index (χ0n) is 14.8. The molecule has 1 aromatic heterocycles. The monoisotopic (exact) mass is 334 g/mol. The summed E-state index contributed by atoms with van der Waals surface area (Å²) in [4.78, 5) is 2.42. The number of aromatic nitrogens is 1. The lowest BCUT2D eigenvalue weighted by Gasteiger charge is -2.24. The van der Waals surface area contributed by atoms with E-state index < -0.39 is 0 Å². The Hall–Kier alpha value is -2.13. The lowest BCUT2D eigenvalue weighted by Crippen LogP contribution is -2.27. The molecule has 1 saturated carbocycles. The second-order valence-electron chi connectivity index (χ2n) is 7.76. The second-order valence-corrected chi connectivity index (χ2v) is 7.76. The third-order valence-corrected chi connectivity index (χ3v) is 5.92. The van der Waals surface area contributed by atoms with Crippen LogP contribution in [0.15, 0.2) is 42.5 Å². The number of rotatable bonds is 2. The van der Waals surface area contributed by atoms with Crippen molar-refractivity contribution in [2.45, 2.75) is 38.3 Å². The summed E-state index contributed by atoms with van der Waals surface area (Å²) in [6.07, 6.45) is 2.28. The van der Waals surface area contributed by atoms with Crippen LogP contribution in [-0.2, 0) is 13.0 Å². The Kier molecular flexibility index (Phi) is 3.29. The Morgan fingerprint density at radius 2 is 1.88 bits per heavy atom. The number of hydrogen-bond donors (Lipinski definition) is 0. The average molecular weight is 334 g/mol. The summed E-state index contributed by atoms with van der Waals surface area (Å²) in [5, 5.41) is 1.42. The van der Waals surface area contributed by atoms with Crippen LogP contribution in [0.4, 0.5) is 4.39 Å². The van der Waals surface area contributed by atoms with Gasteiger partial charge in [0.25, 0.3) is 0 Å². The highest BCUT2D eigenvalue weighted by molar-refractivity contribution is 5.87. The summed E-state index contributed by atoms with van der Waals surface area (Å²) in [6.45, 7) is 4.33. The normalized spacial score (nSPS) is 23.0. The van der Waals surface area contributed by atoms with Gasteiger partial charge in [-0.05, 0) is 55.8 Å². The number of benzene rings is 2. The quantitative estimate of drug-likeness (QED) is 0.653. The summed E-state index contributed by atoms with van der Waals surface area (Å²) in [5.41, 5.74) is 7.00. The van der Waals surface area contributed by atoms with Gasteiger partial charge in [0.15, 0.2) is 0 Å². The predicted molar refractivity (Wildman–Crippen MR) is 99.5 cm³/mol. The molecule has 0 unspecified atom stereocenters.